The van der Waals surface area contributed by atoms with Gasteiger partial charge < -0.3 is 20.8 Å². The molecule has 2 heterocycles. The summed E-state index contributed by atoms with van der Waals surface area (Å²) in [5.74, 6) is -10.8. The van der Waals surface area contributed by atoms with Gasteiger partial charge in [0.15, 0.2) is 0 Å². The minimum absolute atomic E-state index is 0.272. The lowest BCUT2D eigenvalue weighted by molar-refractivity contribution is -0.145. The summed E-state index contributed by atoms with van der Waals surface area (Å²) >= 11 is 1.49. The summed E-state index contributed by atoms with van der Waals surface area (Å²) in [5, 5.41) is 21.0. The van der Waals surface area contributed by atoms with Crippen molar-refractivity contribution >= 4 is 53.1 Å². The molecule has 4 atom stereocenters. The Bertz CT molecular complexity index is 1330. The largest absolute Gasteiger partial charge is 0.480 e. The SMILES string of the molecule is CC(=O)N[C@@H](CSC(CC(=O)CC(SC[C@H](NC(C)=O)C(=O)O)c1nccc(C(C)(F)F)n1)c1ccnc(C(F)(F)F)n1)C(=O)O. The van der Waals surface area contributed by atoms with E-state index in [4.69, 9.17) is 0 Å². The first kappa shape index (κ1) is 38.2. The molecule has 2 aromatic heterocycles. The number of Topliss-reactive ketones (excluding diaryl/α,β-unsaturated/α-hetero) is 1. The van der Waals surface area contributed by atoms with Crippen molar-refractivity contribution in [2.24, 2.45) is 0 Å². The van der Waals surface area contributed by atoms with Gasteiger partial charge >= 0.3 is 18.1 Å². The summed E-state index contributed by atoms with van der Waals surface area (Å²) in [5.41, 5.74) is -0.976. The predicted octanol–water partition coefficient (Wildman–Crippen LogP) is 3.17. The van der Waals surface area contributed by atoms with Crippen LogP contribution in [0.15, 0.2) is 24.5 Å². The zero-order valence-electron chi connectivity index (χ0n) is 24.4. The molecule has 0 saturated heterocycles. The van der Waals surface area contributed by atoms with Gasteiger partial charge in [0.1, 0.15) is 29.4 Å². The Kier molecular flexibility index (Phi) is 13.8. The highest BCUT2D eigenvalue weighted by atomic mass is 32.2. The maximum Gasteiger partial charge on any atom is 0.451 e. The summed E-state index contributed by atoms with van der Waals surface area (Å²) in [4.78, 5) is 74.1. The van der Waals surface area contributed by atoms with E-state index in [-0.39, 0.29) is 23.0 Å². The molecule has 46 heavy (non-hydrogen) atoms. The van der Waals surface area contributed by atoms with Crippen LogP contribution >= 0.6 is 23.5 Å². The van der Waals surface area contributed by atoms with Gasteiger partial charge in [0.05, 0.1) is 16.2 Å². The quantitative estimate of drug-likeness (QED) is 0.176. The lowest BCUT2D eigenvalue weighted by atomic mass is 10.1. The zero-order chi connectivity index (χ0) is 34.8. The van der Waals surface area contributed by atoms with Crippen molar-refractivity contribution in [2.75, 3.05) is 11.5 Å². The molecule has 2 unspecified atom stereocenters. The summed E-state index contributed by atoms with van der Waals surface area (Å²) in [7, 11) is 0. The van der Waals surface area contributed by atoms with E-state index in [2.05, 4.69) is 30.6 Å². The molecular formula is C26H29F5N6O7S2. The average molecular weight is 697 g/mol. The number of nitrogens with one attached hydrogen (secondary N) is 2. The van der Waals surface area contributed by atoms with Gasteiger partial charge in [0, 0.05) is 57.5 Å². The van der Waals surface area contributed by atoms with Crippen molar-refractivity contribution < 1.29 is 56.1 Å². The number of ketones is 1. The molecule has 0 fully saturated rings. The number of aliphatic carboxylic acids is 2. The molecule has 2 amide bonds. The maximum absolute atomic E-state index is 14.0. The summed E-state index contributed by atoms with van der Waals surface area (Å²) in [6.45, 7) is 2.72. The number of nitrogens with zero attached hydrogens (tertiary/aromatic N) is 4. The van der Waals surface area contributed by atoms with Crippen LogP contribution in [0.1, 0.15) is 67.1 Å². The number of amides is 2. The molecule has 0 saturated carbocycles. The molecule has 0 radical (unpaired) electrons. The summed E-state index contributed by atoms with van der Waals surface area (Å²) in [6.07, 6.45) is -4.21. The van der Waals surface area contributed by atoms with Gasteiger partial charge in [0.25, 0.3) is 5.92 Å². The lowest BCUT2D eigenvalue weighted by Gasteiger charge is -2.22. The number of carboxylic acids is 2. The molecule has 2 aromatic rings. The number of carbonyl (C=O) groups excluding carboxylic acids is 3. The number of hydrogen-bond donors (Lipinski definition) is 4. The van der Waals surface area contributed by atoms with E-state index >= 15 is 0 Å². The van der Waals surface area contributed by atoms with Gasteiger partial charge in [-0.25, -0.2) is 29.5 Å². The van der Waals surface area contributed by atoms with E-state index in [1.54, 1.807) is 0 Å². The molecule has 0 aliphatic rings. The van der Waals surface area contributed by atoms with E-state index in [0.717, 1.165) is 61.9 Å². The highest BCUT2D eigenvalue weighted by Gasteiger charge is 2.36. The van der Waals surface area contributed by atoms with E-state index in [1.165, 1.54) is 0 Å². The smallest absolute Gasteiger partial charge is 0.451 e. The van der Waals surface area contributed by atoms with Crippen molar-refractivity contribution in [2.45, 2.75) is 68.3 Å². The number of alkyl halides is 5. The Morgan fingerprint density at radius 2 is 1.30 bits per heavy atom. The molecule has 2 rings (SSSR count). The van der Waals surface area contributed by atoms with Gasteiger partial charge in [0.2, 0.25) is 17.6 Å². The Labute approximate surface area is 267 Å². The highest BCUT2D eigenvalue weighted by molar-refractivity contribution is 7.99. The first-order valence-corrected chi connectivity index (χ1v) is 15.2. The van der Waals surface area contributed by atoms with Gasteiger partial charge in [-0.05, 0) is 12.1 Å². The first-order chi connectivity index (χ1) is 21.3. The number of hydrogen-bond acceptors (Lipinski definition) is 11. The standard InChI is InChI=1S/C26H29F5N6O7S2/c1-12(38)34-16(22(41)42)10-45-18(15-4-6-33-24(36-15)26(29,30)31)8-14(40)9-19(46-11-17(23(43)44)35-13(2)39)21-32-7-5-20(37-21)25(3,27)28/h4-7,16-19H,8-11H2,1-3H3,(H,34,38)(H,35,39)(H,41,42)(H,43,44)/t16-,17-,18?,19?/m0/s1. The van der Waals surface area contributed by atoms with Crippen LogP contribution in [-0.2, 0) is 36.1 Å². The third kappa shape index (κ3) is 12.5. The predicted molar refractivity (Wildman–Crippen MR) is 154 cm³/mol. The number of aromatic nitrogens is 4. The highest BCUT2D eigenvalue weighted by Crippen LogP contribution is 2.38. The van der Waals surface area contributed by atoms with Gasteiger partial charge in [-0.2, -0.15) is 22.0 Å². The molecular weight excluding hydrogens is 667 g/mol. The molecule has 0 bridgehead atoms. The molecule has 0 aliphatic carbocycles. The van der Waals surface area contributed by atoms with Crippen LogP contribution < -0.4 is 10.6 Å². The number of carboxylic acid groups (broad SMARTS) is 2. The fraction of sp³-hybridized carbons (Fsp3) is 0.500. The third-order valence-electron chi connectivity index (χ3n) is 5.78. The molecule has 13 nitrogen and oxygen atoms in total. The van der Waals surface area contributed by atoms with E-state index in [0.29, 0.717) is 6.92 Å². The number of rotatable bonds is 17. The lowest BCUT2D eigenvalue weighted by Crippen LogP contribution is -2.41. The van der Waals surface area contributed by atoms with Gasteiger partial charge in [-0.15, -0.1) is 23.5 Å². The van der Waals surface area contributed by atoms with Crippen molar-refractivity contribution in [1.82, 2.24) is 30.6 Å². The Hall–Kier alpha value is -3.94. The molecule has 4 N–H and O–H groups in total. The number of halogens is 5. The molecule has 20 heteroatoms. The number of carbonyl (C=O) groups is 5. The average Bonchev–Trinajstić information content (AvgIpc) is 2.94. The molecule has 252 valence electrons. The van der Waals surface area contributed by atoms with Crippen molar-refractivity contribution in [1.29, 1.82) is 0 Å². The Morgan fingerprint density at radius 1 is 0.804 bits per heavy atom. The molecule has 0 aliphatic heterocycles. The second-order valence-corrected chi connectivity index (χ2v) is 12.2. The third-order valence-corrected chi connectivity index (χ3v) is 8.42. The molecule has 0 spiro atoms. The zero-order valence-corrected chi connectivity index (χ0v) is 26.0. The topological polar surface area (TPSA) is 201 Å². The van der Waals surface area contributed by atoms with Crippen molar-refractivity contribution in [3.05, 3.63) is 47.6 Å². The maximum atomic E-state index is 14.0. The summed E-state index contributed by atoms with van der Waals surface area (Å²) in [6, 6.07) is -0.872. The first-order valence-electron chi connectivity index (χ1n) is 13.1. The van der Waals surface area contributed by atoms with Crippen LogP contribution in [0.5, 0.6) is 0 Å². The van der Waals surface area contributed by atoms with Crippen molar-refractivity contribution in [3.63, 3.8) is 0 Å². The summed E-state index contributed by atoms with van der Waals surface area (Å²) < 4.78 is 68.1. The minimum atomic E-state index is -4.95. The second-order valence-electron chi connectivity index (χ2n) is 9.76. The van der Waals surface area contributed by atoms with E-state index in [9.17, 15) is 56.1 Å². The Morgan fingerprint density at radius 3 is 1.78 bits per heavy atom. The monoisotopic (exact) mass is 696 g/mol. The number of thioether (sulfide) groups is 2. The minimum Gasteiger partial charge on any atom is -0.480 e. The van der Waals surface area contributed by atoms with Crippen LogP contribution in [0.4, 0.5) is 22.0 Å². The van der Waals surface area contributed by atoms with Crippen LogP contribution in [0.25, 0.3) is 0 Å². The van der Waals surface area contributed by atoms with Crippen LogP contribution in [-0.4, -0.2) is 83.3 Å². The van der Waals surface area contributed by atoms with E-state index < -0.39 is 88.6 Å². The van der Waals surface area contributed by atoms with Crippen LogP contribution in [0, 0.1) is 0 Å². The van der Waals surface area contributed by atoms with Crippen LogP contribution in [0.2, 0.25) is 0 Å². The van der Waals surface area contributed by atoms with Crippen molar-refractivity contribution in [3.8, 4) is 0 Å². The van der Waals surface area contributed by atoms with Crippen LogP contribution in [0.3, 0.4) is 0 Å². The Balaban J connectivity index is 2.44. The normalized spacial score (nSPS) is 14.4. The van der Waals surface area contributed by atoms with E-state index in [1.807, 2.05) is 0 Å². The van der Waals surface area contributed by atoms with Gasteiger partial charge in [-0.1, -0.05) is 0 Å². The second kappa shape index (κ2) is 16.6. The fourth-order valence-corrected chi connectivity index (χ4v) is 6.17. The fourth-order valence-electron chi connectivity index (χ4n) is 3.70. The molecule has 0 aromatic carbocycles. The van der Waals surface area contributed by atoms with Gasteiger partial charge in [-0.3, -0.25) is 14.4 Å².